The minimum Gasteiger partial charge on any atom is -0.369 e. The first kappa shape index (κ1) is 22.7. The van der Waals surface area contributed by atoms with Gasteiger partial charge in [0.2, 0.25) is 17.8 Å². The van der Waals surface area contributed by atoms with Crippen molar-refractivity contribution in [2.24, 2.45) is 11.7 Å². The second kappa shape index (κ2) is 9.28. The summed E-state index contributed by atoms with van der Waals surface area (Å²) in [6.07, 6.45) is 8.07. The Morgan fingerprint density at radius 2 is 1.82 bits per heavy atom. The van der Waals surface area contributed by atoms with Crippen molar-refractivity contribution >= 4 is 57.9 Å². The number of benzene rings is 1. The second-order valence-corrected chi connectivity index (χ2v) is 9.75. The minimum atomic E-state index is -0.252. The highest BCUT2D eigenvalue weighted by Gasteiger charge is 2.29. The lowest BCUT2D eigenvalue weighted by Crippen LogP contribution is -2.29. The van der Waals surface area contributed by atoms with Crippen LogP contribution in [0.3, 0.4) is 0 Å². The van der Waals surface area contributed by atoms with E-state index in [0.29, 0.717) is 63.2 Å². The van der Waals surface area contributed by atoms with E-state index in [-0.39, 0.29) is 17.9 Å². The number of fused-ring (bicyclic) bond motifs is 1. The minimum absolute atomic E-state index is 0.0606. The van der Waals surface area contributed by atoms with Crippen molar-refractivity contribution in [3.8, 4) is 6.07 Å². The van der Waals surface area contributed by atoms with Gasteiger partial charge < -0.3 is 16.4 Å². The third kappa shape index (κ3) is 4.36. The average molecular weight is 499 g/mol. The number of hydrogen-bond donors (Lipinski definition) is 3. The van der Waals surface area contributed by atoms with Crippen LogP contribution in [0.4, 0.5) is 17.6 Å². The third-order valence-electron chi connectivity index (χ3n) is 6.74. The first-order chi connectivity index (χ1) is 16.4. The molecule has 0 spiro atoms. The highest BCUT2D eigenvalue weighted by molar-refractivity contribution is 6.39. The van der Waals surface area contributed by atoms with E-state index < -0.39 is 0 Å². The number of rotatable bonds is 6. The predicted molar refractivity (Wildman–Crippen MR) is 131 cm³/mol. The number of amides is 1. The number of carbonyl (C=O) groups excluding carboxylic acids is 1. The molecular weight excluding hydrogens is 475 g/mol. The molecule has 176 valence electrons. The number of anilines is 3. The van der Waals surface area contributed by atoms with E-state index in [1.54, 1.807) is 18.3 Å². The summed E-state index contributed by atoms with van der Waals surface area (Å²) in [7, 11) is 0. The molecule has 2 aliphatic rings. The number of nitrogens with zero attached hydrogens (tertiary/aromatic N) is 5. The zero-order valence-corrected chi connectivity index (χ0v) is 19.9. The van der Waals surface area contributed by atoms with Gasteiger partial charge in [0, 0.05) is 18.0 Å². The summed E-state index contributed by atoms with van der Waals surface area (Å²) >= 11 is 12.9. The molecule has 11 heteroatoms. The highest BCUT2D eigenvalue weighted by Crippen LogP contribution is 2.39. The lowest BCUT2D eigenvalue weighted by atomic mass is 9.85. The van der Waals surface area contributed by atoms with Gasteiger partial charge in [-0.05, 0) is 57.1 Å². The van der Waals surface area contributed by atoms with Crippen molar-refractivity contribution in [3.05, 3.63) is 33.9 Å². The fourth-order valence-electron chi connectivity index (χ4n) is 4.62. The van der Waals surface area contributed by atoms with Gasteiger partial charge in [0.1, 0.15) is 5.52 Å². The first-order valence-corrected chi connectivity index (χ1v) is 12.2. The third-order valence-corrected chi connectivity index (χ3v) is 7.34. The number of nitriles is 1. The summed E-state index contributed by atoms with van der Waals surface area (Å²) in [4.78, 5) is 25.7. The largest absolute Gasteiger partial charge is 0.369 e. The number of nitrogens with one attached hydrogen (secondary N) is 2. The van der Waals surface area contributed by atoms with Crippen LogP contribution >= 0.6 is 23.2 Å². The number of hydrogen-bond acceptors (Lipinski definition) is 7. The van der Waals surface area contributed by atoms with E-state index in [1.807, 2.05) is 10.6 Å². The van der Waals surface area contributed by atoms with Gasteiger partial charge in [0.05, 0.1) is 33.6 Å². The summed E-state index contributed by atoms with van der Waals surface area (Å²) in [5.74, 6) is 0.736. The smallest absolute Gasteiger partial charge is 0.224 e. The number of nitrogens with two attached hydrogens (primary N) is 1. The van der Waals surface area contributed by atoms with Gasteiger partial charge in [-0.1, -0.05) is 23.2 Å². The molecule has 4 N–H and O–H groups in total. The quantitative estimate of drug-likeness (QED) is 0.438. The van der Waals surface area contributed by atoms with Crippen LogP contribution in [0.2, 0.25) is 10.0 Å². The van der Waals surface area contributed by atoms with Crippen LogP contribution in [0.25, 0.3) is 11.2 Å². The van der Waals surface area contributed by atoms with Gasteiger partial charge in [-0.3, -0.25) is 9.36 Å². The topological polar surface area (TPSA) is 135 Å². The van der Waals surface area contributed by atoms with Crippen LogP contribution < -0.4 is 16.4 Å². The standard InChI is InChI=1S/C23H24Cl2N8O/c24-16-8-12(10-26)9-17(25)19(16)31-23-30-18-11-28-22(29-14-2-1-3-14)32-21(18)33(23)15-6-4-13(5-7-15)20(27)34/h8-9,11,13-15H,1-7H2,(H2,27,34)(H,30,31)(H,28,29,32)/t13-,15-. The van der Waals surface area contributed by atoms with Crippen molar-refractivity contribution in [1.29, 1.82) is 5.26 Å². The van der Waals surface area contributed by atoms with E-state index in [4.69, 9.17) is 38.9 Å². The molecular formula is C23H24Cl2N8O. The van der Waals surface area contributed by atoms with Gasteiger partial charge in [-0.25, -0.2) is 9.97 Å². The molecule has 2 fully saturated rings. The predicted octanol–water partition coefficient (Wildman–Crippen LogP) is 4.93. The highest BCUT2D eigenvalue weighted by atomic mass is 35.5. The van der Waals surface area contributed by atoms with Crippen molar-refractivity contribution in [3.63, 3.8) is 0 Å². The average Bonchev–Trinajstić information content (AvgIpc) is 3.15. The number of aromatic nitrogens is 4. The molecule has 0 unspecified atom stereocenters. The van der Waals surface area contributed by atoms with Gasteiger partial charge in [-0.15, -0.1) is 0 Å². The zero-order chi connectivity index (χ0) is 23.8. The Labute approximate surface area is 206 Å². The molecule has 3 aromatic rings. The van der Waals surface area contributed by atoms with Crippen LogP contribution in [-0.2, 0) is 4.79 Å². The van der Waals surface area contributed by atoms with Gasteiger partial charge in [0.25, 0.3) is 0 Å². The fraction of sp³-hybridized carbons (Fsp3) is 0.435. The Kier molecular flexibility index (Phi) is 6.19. The van der Waals surface area contributed by atoms with Gasteiger partial charge >= 0.3 is 0 Å². The zero-order valence-electron chi connectivity index (χ0n) is 18.4. The molecule has 0 radical (unpaired) electrons. The van der Waals surface area contributed by atoms with E-state index in [9.17, 15) is 10.1 Å². The summed E-state index contributed by atoms with van der Waals surface area (Å²) in [5, 5.41) is 16.5. The van der Waals surface area contributed by atoms with E-state index in [1.165, 1.54) is 6.42 Å². The maximum absolute atomic E-state index is 11.7. The number of carbonyl (C=O) groups is 1. The molecule has 9 nitrogen and oxygen atoms in total. The Bertz CT molecular complexity index is 1270. The summed E-state index contributed by atoms with van der Waals surface area (Å²) in [6.45, 7) is 0. The molecule has 0 atom stereocenters. The molecule has 2 heterocycles. The van der Waals surface area contributed by atoms with Crippen LogP contribution in [0.1, 0.15) is 56.6 Å². The summed E-state index contributed by atoms with van der Waals surface area (Å²) in [5.41, 5.74) is 7.71. The maximum atomic E-state index is 11.7. The summed E-state index contributed by atoms with van der Waals surface area (Å²) < 4.78 is 2.05. The van der Waals surface area contributed by atoms with Crippen molar-refractivity contribution in [2.75, 3.05) is 10.6 Å². The molecule has 0 saturated heterocycles. The van der Waals surface area contributed by atoms with Crippen molar-refractivity contribution < 1.29 is 4.79 Å². The molecule has 5 rings (SSSR count). The monoisotopic (exact) mass is 498 g/mol. The van der Waals surface area contributed by atoms with E-state index in [0.717, 1.165) is 25.7 Å². The van der Waals surface area contributed by atoms with Gasteiger partial charge in [0.15, 0.2) is 5.65 Å². The van der Waals surface area contributed by atoms with Crippen LogP contribution in [0.5, 0.6) is 0 Å². The normalized spacial score (nSPS) is 20.5. The second-order valence-electron chi connectivity index (χ2n) is 8.94. The van der Waals surface area contributed by atoms with Gasteiger partial charge in [-0.2, -0.15) is 10.2 Å². The fourth-order valence-corrected chi connectivity index (χ4v) is 5.20. The molecule has 0 bridgehead atoms. The van der Waals surface area contributed by atoms with Crippen molar-refractivity contribution in [2.45, 2.75) is 57.0 Å². The maximum Gasteiger partial charge on any atom is 0.224 e. The molecule has 2 saturated carbocycles. The molecule has 2 aliphatic carbocycles. The molecule has 0 aliphatic heterocycles. The Morgan fingerprint density at radius 1 is 1.12 bits per heavy atom. The number of primary amides is 1. The first-order valence-electron chi connectivity index (χ1n) is 11.4. The Hall–Kier alpha value is -3.09. The number of imidazole rings is 1. The Balaban J connectivity index is 1.54. The van der Waals surface area contributed by atoms with E-state index >= 15 is 0 Å². The van der Waals surface area contributed by atoms with Crippen LogP contribution in [-0.4, -0.2) is 31.5 Å². The molecule has 1 aromatic carbocycles. The van der Waals surface area contributed by atoms with Crippen molar-refractivity contribution in [1.82, 2.24) is 19.5 Å². The van der Waals surface area contributed by atoms with Crippen LogP contribution in [0.15, 0.2) is 18.3 Å². The lowest BCUT2D eigenvalue weighted by Gasteiger charge is -2.29. The van der Waals surface area contributed by atoms with Crippen LogP contribution in [0, 0.1) is 17.2 Å². The molecule has 2 aromatic heterocycles. The molecule has 1 amide bonds. The lowest BCUT2D eigenvalue weighted by molar-refractivity contribution is -0.122. The SMILES string of the molecule is N#Cc1cc(Cl)c(Nc2nc3cnc(NC4CCC4)nc3n2[C@H]2CC[C@H](C(N)=O)CC2)c(Cl)c1. The summed E-state index contributed by atoms with van der Waals surface area (Å²) in [6, 6.07) is 5.62. The Morgan fingerprint density at radius 3 is 2.41 bits per heavy atom. The number of halogens is 2. The van der Waals surface area contributed by atoms with E-state index in [2.05, 4.69) is 15.6 Å². The molecule has 34 heavy (non-hydrogen) atoms.